The first-order chi connectivity index (χ1) is 9.47. The van der Waals surface area contributed by atoms with Crippen LogP contribution in [0.3, 0.4) is 0 Å². The van der Waals surface area contributed by atoms with Crippen LogP contribution in [-0.4, -0.2) is 15.9 Å². The van der Waals surface area contributed by atoms with Gasteiger partial charge in [-0.2, -0.15) is 0 Å². The molecular weight excluding hydrogens is 265 g/mol. The molecule has 0 atom stereocenters. The molecule has 0 unspecified atom stereocenters. The van der Waals surface area contributed by atoms with Gasteiger partial charge in [-0.05, 0) is 12.1 Å². The molecule has 106 valence electrons. The Kier molecular flexibility index (Phi) is 4.09. The van der Waals surface area contributed by atoms with Gasteiger partial charge >= 0.3 is 0 Å². The fraction of sp³-hybridized carbons (Fsp3) is 0.308. The zero-order valence-corrected chi connectivity index (χ0v) is 11.1. The summed E-state index contributed by atoms with van der Waals surface area (Å²) in [7, 11) is 0. The van der Waals surface area contributed by atoms with Crippen LogP contribution in [0.1, 0.15) is 19.5 Å². The van der Waals surface area contributed by atoms with E-state index in [-0.39, 0.29) is 23.2 Å². The number of halogens is 1. The van der Waals surface area contributed by atoms with E-state index in [9.17, 15) is 14.5 Å². The average Bonchev–Trinajstić information content (AvgIpc) is 2.84. The number of nitrogens with one attached hydrogen (secondary N) is 1. The molecular formula is C13H14FN3O3. The van der Waals surface area contributed by atoms with Crippen molar-refractivity contribution in [3.05, 3.63) is 46.1 Å². The maximum atomic E-state index is 13.1. The molecule has 0 saturated heterocycles. The SMILES string of the molecule is CC(C)NCc1coc(-c2ccc(F)cc2[N+](=O)[O-])n1. The molecule has 20 heavy (non-hydrogen) atoms. The van der Waals surface area contributed by atoms with E-state index in [4.69, 9.17) is 4.42 Å². The van der Waals surface area contributed by atoms with Crippen molar-refractivity contribution in [2.45, 2.75) is 26.4 Å². The van der Waals surface area contributed by atoms with Crippen LogP contribution in [0.5, 0.6) is 0 Å². The second-order valence-corrected chi connectivity index (χ2v) is 4.60. The number of hydrogen-bond donors (Lipinski definition) is 1. The Morgan fingerprint density at radius 2 is 2.25 bits per heavy atom. The average molecular weight is 279 g/mol. The molecule has 7 heteroatoms. The lowest BCUT2D eigenvalue weighted by molar-refractivity contribution is -0.384. The summed E-state index contributed by atoms with van der Waals surface area (Å²) < 4.78 is 18.3. The molecule has 0 aliphatic heterocycles. The van der Waals surface area contributed by atoms with E-state index in [1.54, 1.807) is 0 Å². The minimum Gasteiger partial charge on any atom is -0.444 e. The zero-order valence-electron chi connectivity index (χ0n) is 11.1. The predicted molar refractivity (Wildman–Crippen MR) is 70.5 cm³/mol. The van der Waals surface area contributed by atoms with Crippen molar-refractivity contribution < 1.29 is 13.7 Å². The molecule has 0 fully saturated rings. The van der Waals surface area contributed by atoms with Crippen molar-refractivity contribution in [1.82, 2.24) is 10.3 Å². The molecule has 1 N–H and O–H groups in total. The maximum Gasteiger partial charge on any atom is 0.284 e. The third kappa shape index (κ3) is 3.18. The number of nitro benzene ring substituents is 1. The molecule has 1 heterocycles. The predicted octanol–water partition coefficient (Wildman–Crippen LogP) is 2.89. The van der Waals surface area contributed by atoms with Gasteiger partial charge in [0.2, 0.25) is 5.89 Å². The summed E-state index contributed by atoms with van der Waals surface area (Å²) in [6.07, 6.45) is 1.43. The molecule has 2 aromatic rings. The molecule has 2 rings (SSSR count). The van der Waals surface area contributed by atoms with Gasteiger partial charge in [0.1, 0.15) is 17.6 Å². The van der Waals surface area contributed by atoms with Gasteiger partial charge in [0.25, 0.3) is 5.69 Å². The number of oxazole rings is 1. The van der Waals surface area contributed by atoms with Gasteiger partial charge in [-0.1, -0.05) is 13.8 Å². The van der Waals surface area contributed by atoms with E-state index < -0.39 is 10.7 Å². The highest BCUT2D eigenvalue weighted by Crippen LogP contribution is 2.29. The Morgan fingerprint density at radius 3 is 2.90 bits per heavy atom. The van der Waals surface area contributed by atoms with Crippen molar-refractivity contribution >= 4 is 5.69 Å². The summed E-state index contributed by atoms with van der Waals surface area (Å²) in [5.74, 6) is -0.564. The van der Waals surface area contributed by atoms with E-state index in [1.807, 2.05) is 13.8 Å². The molecule has 0 amide bonds. The molecule has 0 radical (unpaired) electrons. The molecule has 0 aliphatic rings. The van der Waals surface area contributed by atoms with Gasteiger partial charge in [-0.25, -0.2) is 9.37 Å². The number of aromatic nitrogens is 1. The summed E-state index contributed by atoms with van der Waals surface area (Å²) in [5, 5.41) is 14.1. The minimum atomic E-state index is -0.672. The van der Waals surface area contributed by atoms with Gasteiger partial charge in [-0.3, -0.25) is 10.1 Å². The third-order valence-electron chi connectivity index (χ3n) is 2.63. The van der Waals surface area contributed by atoms with Crippen LogP contribution in [-0.2, 0) is 6.54 Å². The zero-order chi connectivity index (χ0) is 14.7. The number of nitro groups is 1. The van der Waals surface area contributed by atoms with Gasteiger partial charge in [0, 0.05) is 12.6 Å². The Morgan fingerprint density at radius 1 is 1.50 bits per heavy atom. The highest BCUT2D eigenvalue weighted by Gasteiger charge is 2.20. The summed E-state index contributed by atoms with van der Waals surface area (Å²) in [4.78, 5) is 14.4. The van der Waals surface area contributed by atoms with E-state index in [0.717, 1.165) is 12.1 Å². The molecule has 0 spiro atoms. The largest absolute Gasteiger partial charge is 0.444 e. The third-order valence-corrected chi connectivity index (χ3v) is 2.63. The van der Waals surface area contributed by atoms with Gasteiger partial charge in [-0.15, -0.1) is 0 Å². The van der Waals surface area contributed by atoms with Crippen molar-refractivity contribution in [3.63, 3.8) is 0 Å². The molecule has 0 aliphatic carbocycles. The van der Waals surface area contributed by atoms with E-state index in [0.29, 0.717) is 12.2 Å². The topological polar surface area (TPSA) is 81.2 Å². The second kappa shape index (κ2) is 5.79. The molecule has 6 nitrogen and oxygen atoms in total. The second-order valence-electron chi connectivity index (χ2n) is 4.60. The maximum absolute atomic E-state index is 13.1. The highest BCUT2D eigenvalue weighted by molar-refractivity contribution is 5.66. The fourth-order valence-corrected chi connectivity index (χ4v) is 1.66. The van der Waals surface area contributed by atoms with Gasteiger partial charge in [0.05, 0.1) is 16.7 Å². The molecule has 0 saturated carbocycles. The lowest BCUT2D eigenvalue weighted by atomic mass is 10.2. The summed E-state index contributed by atoms with van der Waals surface area (Å²) in [5.41, 5.74) is 0.426. The lowest BCUT2D eigenvalue weighted by Gasteiger charge is -2.04. The summed E-state index contributed by atoms with van der Waals surface area (Å²) >= 11 is 0. The fourth-order valence-electron chi connectivity index (χ4n) is 1.66. The van der Waals surface area contributed by atoms with Crippen molar-refractivity contribution in [3.8, 4) is 11.5 Å². The highest BCUT2D eigenvalue weighted by atomic mass is 19.1. The van der Waals surface area contributed by atoms with Gasteiger partial charge < -0.3 is 9.73 Å². The first kappa shape index (κ1) is 14.1. The Labute approximate surface area is 114 Å². The van der Waals surface area contributed by atoms with E-state index >= 15 is 0 Å². The van der Waals surface area contributed by atoms with Crippen molar-refractivity contribution in [2.75, 3.05) is 0 Å². The smallest absolute Gasteiger partial charge is 0.284 e. The van der Waals surface area contributed by atoms with Crippen LogP contribution >= 0.6 is 0 Å². The summed E-state index contributed by atoms with van der Waals surface area (Å²) in [6, 6.07) is 3.57. The Bertz CT molecular complexity index is 625. The van der Waals surface area contributed by atoms with Crippen LogP contribution in [0.4, 0.5) is 10.1 Å². The van der Waals surface area contributed by atoms with Crippen LogP contribution in [0, 0.1) is 15.9 Å². The molecule has 1 aromatic heterocycles. The Balaban J connectivity index is 2.30. The lowest BCUT2D eigenvalue weighted by Crippen LogP contribution is -2.21. The minimum absolute atomic E-state index is 0.109. The quantitative estimate of drug-likeness (QED) is 0.672. The summed E-state index contributed by atoms with van der Waals surface area (Å²) in [6.45, 7) is 4.48. The molecule has 1 aromatic carbocycles. The first-order valence-corrected chi connectivity index (χ1v) is 6.09. The normalized spacial score (nSPS) is 11.0. The van der Waals surface area contributed by atoms with Crippen molar-refractivity contribution in [1.29, 1.82) is 0 Å². The van der Waals surface area contributed by atoms with Crippen molar-refractivity contribution in [2.24, 2.45) is 0 Å². The Hall–Kier alpha value is -2.28. The number of nitrogens with zero attached hydrogens (tertiary/aromatic N) is 2. The number of hydrogen-bond acceptors (Lipinski definition) is 5. The van der Waals surface area contributed by atoms with Crippen LogP contribution in [0.25, 0.3) is 11.5 Å². The van der Waals surface area contributed by atoms with E-state index in [1.165, 1.54) is 12.3 Å². The van der Waals surface area contributed by atoms with E-state index in [2.05, 4.69) is 10.3 Å². The molecule has 0 bridgehead atoms. The first-order valence-electron chi connectivity index (χ1n) is 6.09. The van der Waals surface area contributed by atoms with Crippen LogP contribution in [0.15, 0.2) is 28.9 Å². The monoisotopic (exact) mass is 279 g/mol. The number of benzene rings is 1. The standard InChI is InChI=1S/C13H14FN3O3/c1-8(2)15-6-10-7-20-13(16-10)11-4-3-9(14)5-12(11)17(18)19/h3-5,7-8,15H,6H2,1-2H3. The van der Waals surface area contributed by atoms with Gasteiger partial charge in [0.15, 0.2) is 0 Å². The van der Waals surface area contributed by atoms with Crippen LogP contribution < -0.4 is 5.32 Å². The van der Waals surface area contributed by atoms with Crippen LogP contribution in [0.2, 0.25) is 0 Å². The number of rotatable bonds is 5.